The fourth-order valence-corrected chi connectivity index (χ4v) is 4.25. The van der Waals surface area contributed by atoms with Crippen molar-refractivity contribution in [2.24, 2.45) is 11.8 Å². The van der Waals surface area contributed by atoms with E-state index in [1.165, 1.54) is 77.4 Å². The van der Waals surface area contributed by atoms with E-state index in [2.05, 4.69) is 17.1 Å². The lowest BCUT2D eigenvalue weighted by Crippen LogP contribution is -2.44. The Kier molecular flexibility index (Phi) is 6.64. The molecule has 3 fully saturated rings. The van der Waals surface area contributed by atoms with Crippen LogP contribution >= 0.6 is 12.4 Å². The average Bonchev–Trinajstić information content (AvgIpc) is 3.31. The third-order valence-corrected chi connectivity index (χ3v) is 5.81. The molecular formula is C17H33ClN2. The Balaban J connectivity index is 0.00000147. The van der Waals surface area contributed by atoms with E-state index in [0.29, 0.717) is 0 Å². The maximum absolute atomic E-state index is 3.51. The first-order valence-corrected chi connectivity index (χ1v) is 8.83. The van der Waals surface area contributed by atoms with Gasteiger partial charge in [-0.05, 0) is 76.3 Å². The molecule has 0 atom stereocenters. The van der Waals surface area contributed by atoms with Gasteiger partial charge in [0.15, 0.2) is 0 Å². The minimum absolute atomic E-state index is 0. The molecule has 3 aliphatic rings. The summed E-state index contributed by atoms with van der Waals surface area (Å²) in [4.78, 5) is 2.95. The van der Waals surface area contributed by atoms with Gasteiger partial charge in [-0.3, -0.25) is 4.90 Å². The summed E-state index contributed by atoms with van der Waals surface area (Å²) in [5.74, 6) is 2.02. The maximum Gasteiger partial charge on any atom is 0.00994 e. The second kappa shape index (κ2) is 8.00. The Hall–Kier alpha value is 0.210. The number of hydrogen-bond acceptors (Lipinski definition) is 2. The zero-order valence-corrected chi connectivity index (χ0v) is 14.0. The van der Waals surface area contributed by atoms with Crippen LogP contribution in [0.15, 0.2) is 0 Å². The minimum Gasteiger partial charge on any atom is -0.317 e. The van der Waals surface area contributed by atoms with E-state index in [9.17, 15) is 0 Å². The second-order valence-electron chi connectivity index (χ2n) is 7.20. The molecule has 0 aromatic rings. The van der Waals surface area contributed by atoms with Crippen LogP contribution in [0, 0.1) is 11.8 Å². The standard InChI is InChI=1S/C17H32N2.ClH/c1-2-14-3-5-16(6-4-14)19(17-7-8-17)13-15-9-11-18-12-10-15;/h14-18H,2-13H2,1H3;1H. The first-order valence-electron chi connectivity index (χ1n) is 8.83. The van der Waals surface area contributed by atoms with Gasteiger partial charge in [-0.2, -0.15) is 0 Å². The molecule has 1 aliphatic heterocycles. The van der Waals surface area contributed by atoms with Crippen molar-refractivity contribution >= 4 is 12.4 Å². The molecule has 20 heavy (non-hydrogen) atoms. The highest BCUT2D eigenvalue weighted by molar-refractivity contribution is 5.85. The molecule has 0 bridgehead atoms. The number of nitrogens with zero attached hydrogens (tertiary/aromatic N) is 1. The highest BCUT2D eigenvalue weighted by atomic mass is 35.5. The first kappa shape index (κ1) is 16.6. The molecule has 1 N–H and O–H groups in total. The smallest absolute Gasteiger partial charge is 0.00994 e. The average molecular weight is 301 g/mol. The van der Waals surface area contributed by atoms with Crippen LogP contribution in [-0.2, 0) is 0 Å². The SMILES string of the molecule is CCC1CCC(N(CC2CCNCC2)C2CC2)CC1.Cl. The molecule has 0 aromatic heterocycles. The lowest BCUT2D eigenvalue weighted by Gasteiger charge is -2.39. The summed E-state index contributed by atoms with van der Waals surface area (Å²) < 4.78 is 0. The van der Waals surface area contributed by atoms with Crippen molar-refractivity contribution in [3.8, 4) is 0 Å². The monoisotopic (exact) mass is 300 g/mol. The predicted molar refractivity (Wildman–Crippen MR) is 88.6 cm³/mol. The second-order valence-corrected chi connectivity index (χ2v) is 7.20. The zero-order chi connectivity index (χ0) is 13.1. The van der Waals surface area contributed by atoms with Crippen LogP contribution in [0.5, 0.6) is 0 Å². The Bertz CT molecular complexity index is 266. The molecule has 2 nitrogen and oxygen atoms in total. The zero-order valence-electron chi connectivity index (χ0n) is 13.2. The van der Waals surface area contributed by atoms with E-state index in [4.69, 9.17) is 0 Å². The molecule has 1 saturated heterocycles. The summed E-state index contributed by atoms with van der Waals surface area (Å²) in [5.41, 5.74) is 0. The number of hydrogen-bond donors (Lipinski definition) is 1. The Morgan fingerprint density at radius 2 is 1.35 bits per heavy atom. The van der Waals surface area contributed by atoms with Gasteiger partial charge in [0.2, 0.25) is 0 Å². The molecule has 0 aromatic carbocycles. The number of nitrogens with one attached hydrogen (secondary N) is 1. The van der Waals surface area contributed by atoms with Gasteiger partial charge in [-0.25, -0.2) is 0 Å². The molecule has 1 heterocycles. The van der Waals surface area contributed by atoms with Gasteiger partial charge in [0.25, 0.3) is 0 Å². The topological polar surface area (TPSA) is 15.3 Å². The van der Waals surface area contributed by atoms with Crippen molar-refractivity contribution in [3.05, 3.63) is 0 Å². The van der Waals surface area contributed by atoms with Gasteiger partial charge in [-0.1, -0.05) is 13.3 Å². The van der Waals surface area contributed by atoms with Gasteiger partial charge in [0.05, 0.1) is 0 Å². The van der Waals surface area contributed by atoms with Crippen molar-refractivity contribution in [2.75, 3.05) is 19.6 Å². The summed E-state index contributed by atoms with van der Waals surface area (Å²) in [6, 6.07) is 1.91. The summed E-state index contributed by atoms with van der Waals surface area (Å²) >= 11 is 0. The highest BCUT2D eigenvalue weighted by Crippen LogP contribution is 2.37. The lowest BCUT2D eigenvalue weighted by molar-refractivity contribution is 0.100. The Morgan fingerprint density at radius 3 is 1.85 bits per heavy atom. The maximum atomic E-state index is 3.51. The molecule has 3 heteroatoms. The summed E-state index contributed by atoms with van der Waals surface area (Å²) in [7, 11) is 0. The summed E-state index contributed by atoms with van der Waals surface area (Å²) in [6.45, 7) is 6.30. The van der Waals surface area contributed by atoms with Crippen molar-refractivity contribution in [1.82, 2.24) is 10.2 Å². The number of rotatable bonds is 5. The van der Waals surface area contributed by atoms with E-state index in [-0.39, 0.29) is 12.4 Å². The summed E-state index contributed by atoms with van der Waals surface area (Å²) in [6.07, 6.45) is 13.2. The first-order chi connectivity index (χ1) is 9.36. The fraction of sp³-hybridized carbons (Fsp3) is 1.00. The van der Waals surface area contributed by atoms with Crippen LogP contribution in [0.1, 0.15) is 64.7 Å². The third kappa shape index (κ3) is 4.35. The molecule has 3 rings (SSSR count). The van der Waals surface area contributed by atoms with Gasteiger partial charge >= 0.3 is 0 Å². The Labute approximate surface area is 131 Å². The Morgan fingerprint density at radius 1 is 0.800 bits per heavy atom. The van der Waals surface area contributed by atoms with Gasteiger partial charge < -0.3 is 5.32 Å². The van der Waals surface area contributed by atoms with Crippen LogP contribution in [0.25, 0.3) is 0 Å². The highest BCUT2D eigenvalue weighted by Gasteiger charge is 2.36. The van der Waals surface area contributed by atoms with E-state index in [0.717, 1.165) is 23.9 Å². The van der Waals surface area contributed by atoms with Crippen LogP contribution in [0.3, 0.4) is 0 Å². The quantitative estimate of drug-likeness (QED) is 0.830. The van der Waals surface area contributed by atoms with Crippen LogP contribution in [0.2, 0.25) is 0 Å². The lowest BCUT2D eigenvalue weighted by atomic mass is 9.83. The van der Waals surface area contributed by atoms with Crippen molar-refractivity contribution in [1.29, 1.82) is 0 Å². The molecule has 2 aliphatic carbocycles. The minimum atomic E-state index is 0. The van der Waals surface area contributed by atoms with Gasteiger partial charge in [-0.15, -0.1) is 12.4 Å². The van der Waals surface area contributed by atoms with E-state index >= 15 is 0 Å². The molecule has 2 saturated carbocycles. The molecular weight excluding hydrogens is 268 g/mol. The largest absolute Gasteiger partial charge is 0.317 e. The van der Waals surface area contributed by atoms with E-state index < -0.39 is 0 Å². The van der Waals surface area contributed by atoms with Crippen LogP contribution in [0.4, 0.5) is 0 Å². The van der Waals surface area contributed by atoms with E-state index in [1.807, 2.05) is 0 Å². The molecule has 0 radical (unpaired) electrons. The van der Waals surface area contributed by atoms with Crippen molar-refractivity contribution in [2.45, 2.75) is 76.8 Å². The summed E-state index contributed by atoms with van der Waals surface area (Å²) in [5, 5.41) is 3.51. The molecule has 0 spiro atoms. The van der Waals surface area contributed by atoms with Crippen molar-refractivity contribution in [3.63, 3.8) is 0 Å². The fourth-order valence-electron chi connectivity index (χ4n) is 4.25. The normalized spacial score (nSPS) is 32.1. The molecule has 0 unspecified atom stereocenters. The van der Waals surface area contributed by atoms with Crippen molar-refractivity contribution < 1.29 is 0 Å². The van der Waals surface area contributed by atoms with E-state index in [1.54, 1.807) is 0 Å². The van der Waals surface area contributed by atoms with Crippen LogP contribution in [-0.4, -0.2) is 36.6 Å². The molecule has 118 valence electrons. The van der Waals surface area contributed by atoms with Gasteiger partial charge in [0, 0.05) is 18.6 Å². The number of piperidine rings is 1. The third-order valence-electron chi connectivity index (χ3n) is 5.81. The van der Waals surface area contributed by atoms with Gasteiger partial charge in [0.1, 0.15) is 0 Å². The van der Waals surface area contributed by atoms with Crippen LogP contribution < -0.4 is 5.32 Å². The number of halogens is 1. The predicted octanol–water partition coefficient (Wildman–Crippen LogP) is 3.84. The molecule has 0 amide bonds.